The zero-order chi connectivity index (χ0) is 23.4. The highest BCUT2D eigenvalue weighted by Gasteiger charge is 2.07. The van der Waals surface area contributed by atoms with E-state index in [1.165, 1.54) is 75.6 Å². The number of nitrogens with one attached hydrogen (secondary N) is 1. The number of hydrogen-bond acceptors (Lipinski definition) is 4. The van der Waals surface area contributed by atoms with Gasteiger partial charge in [-0.1, -0.05) is 70.4 Å². The van der Waals surface area contributed by atoms with E-state index in [1.807, 2.05) is 24.3 Å². The number of carbonyl (C=O) groups is 1. The molecule has 5 N–H and O–H groups in total. The number of anilines is 1. The number of allylic oxidation sites excluding steroid dienone is 2. The number of hydrazine groups is 1. The number of hydrazone groups is 1. The van der Waals surface area contributed by atoms with Gasteiger partial charge in [-0.25, -0.2) is 5.84 Å². The fraction of sp³-hybridized carbons (Fsp3) is 0.615. The van der Waals surface area contributed by atoms with Crippen molar-refractivity contribution in [2.24, 2.45) is 16.8 Å². The molecule has 1 aromatic rings. The molecule has 0 fully saturated rings. The second-order valence-electron chi connectivity index (χ2n) is 8.52. The first-order valence-electron chi connectivity index (χ1n) is 12.4. The highest BCUT2D eigenvalue weighted by molar-refractivity contribution is 5.98. The summed E-state index contributed by atoms with van der Waals surface area (Å²) in [7, 11) is 1.68. The number of nitrogens with two attached hydrogens (primary N) is 2. The van der Waals surface area contributed by atoms with E-state index >= 15 is 0 Å². The van der Waals surface area contributed by atoms with E-state index in [0.717, 1.165) is 24.1 Å². The van der Waals surface area contributed by atoms with Gasteiger partial charge in [0.1, 0.15) is 0 Å². The summed E-state index contributed by atoms with van der Waals surface area (Å²) in [5, 5.41) is 7.98. The van der Waals surface area contributed by atoms with Gasteiger partial charge in [0.2, 0.25) is 5.91 Å². The van der Waals surface area contributed by atoms with E-state index in [-0.39, 0.29) is 5.91 Å². The minimum atomic E-state index is 0.0547. The quantitative estimate of drug-likeness (QED) is 0.0678. The van der Waals surface area contributed by atoms with Crippen LogP contribution in [0.15, 0.2) is 41.5 Å². The van der Waals surface area contributed by atoms with Crippen LogP contribution in [0.4, 0.5) is 5.69 Å². The number of rotatable bonds is 17. The maximum absolute atomic E-state index is 12.1. The molecule has 1 amide bonds. The second-order valence-corrected chi connectivity index (χ2v) is 8.52. The molecule has 0 aliphatic heterocycles. The Labute approximate surface area is 195 Å². The molecule has 6 heteroatoms. The lowest BCUT2D eigenvalue weighted by Gasteiger charge is -2.14. The van der Waals surface area contributed by atoms with Crippen LogP contribution >= 0.6 is 0 Å². The van der Waals surface area contributed by atoms with E-state index < -0.39 is 0 Å². The lowest BCUT2D eigenvalue weighted by Crippen LogP contribution is -2.34. The highest BCUT2D eigenvalue weighted by Crippen LogP contribution is 2.13. The Bertz CT molecular complexity index is 667. The Balaban J connectivity index is 2.03. The van der Waals surface area contributed by atoms with Crippen LogP contribution in [-0.4, -0.2) is 23.8 Å². The Morgan fingerprint density at radius 3 is 1.97 bits per heavy atom. The fourth-order valence-corrected chi connectivity index (χ4v) is 3.65. The standard InChI is InChI=1S/C26H45N5O/c1-3-4-5-6-7-8-9-10-11-12-13-14-15-16-17-18-25(32)29-24-21-19-23(20-22-24)26(30-27)31(2)28/h10-11,19-22H,3-9,12-18,27-28H2,1-2H3,(H,29,32)/b11-10-,30-26-. The zero-order valence-corrected chi connectivity index (χ0v) is 20.3. The average Bonchev–Trinajstić information content (AvgIpc) is 2.78. The molecule has 0 spiro atoms. The van der Waals surface area contributed by atoms with Crippen molar-refractivity contribution in [2.75, 3.05) is 12.4 Å². The maximum atomic E-state index is 12.1. The predicted octanol–water partition coefficient (Wildman–Crippen LogP) is 6.09. The first-order valence-corrected chi connectivity index (χ1v) is 12.4. The van der Waals surface area contributed by atoms with Crippen LogP contribution in [0.1, 0.15) is 102 Å². The van der Waals surface area contributed by atoms with Gasteiger partial charge in [0, 0.05) is 24.7 Å². The normalized spacial score (nSPS) is 11.8. The van der Waals surface area contributed by atoms with E-state index in [2.05, 4.69) is 29.5 Å². The van der Waals surface area contributed by atoms with Crippen molar-refractivity contribution in [2.45, 2.75) is 96.8 Å². The highest BCUT2D eigenvalue weighted by atomic mass is 16.1. The molecule has 0 aliphatic rings. The summed E-state index contributed by atoms with van der Waals surface area (Å²) < 4.78 is 0. The summed E-state index contributed by atoms with van der Waals surface area (Å²) >= 11 is 0. The van der Waals surface area contributed by atoms with Crippen molar-refractivity contribution in [3.63, 3.8) is 0 Å². The minimum absolute atomic E-state index is 0.0547. The van der Waals surface area contributed by atoms with Crippen LogP contribution in [0, 0.1) is 0 Å². The minimum Gasteiger partial charge on any atom is -0.326 e. The number of hydrogen-bond donors (Lipinski definition) is 3. The van der Waals surface area contributed by atoms with Gasteiger partial charge in [-0.05, 0) is 56.4 Å². The van der Waals surface area contributed by atoms with Crippen molar-refractivity contribution >= 4 is 17.4 Å². The molecule has 0 atom stereocenters. The third-order valence-corrected chi connectivity index (χ3v) is 5.55. The van der Waals surface area contributed by atoms with E-state index in [1.54, 1.807) is 7.05 Å². The van der Waals surface area contributed by atoms with Crippen molar-refractivity contribution < 1.29 is 4.79 Å². The number of carbonyl (C=O) groups excluding carboxylic acids is 1. The smallest absolute Gasteiger partial charge is 0.224 e. The van der Waals surface area contributed by atoms with Gasteiger partial charge in [-0.15, -0.1) is 0 Å². The van der Waals surface area contributed by atoms with Crippen LogP contribution in [0.2, 0.25) is 0 Å². The van der Waals surface area contributed by atoms with Gasteiger partial charge in [-0.2, -0.15) is 5.10 Å². The van der Waals surface area contributed by atoms with E-state index in [9.17, 15) is 4.79 Å². The number of unbranched alkanes of at least 4 members (excludes halogenated alkanes) is 11. The molecule has 0 saturated carbocycles. The fourth-order valence-electron chi connectivity index (χ4n) is 3.65. The summed E-state index contributed by atoms with van der Waals surface area (Å²) in [5.41, 5.74) is 1.57. The van der Waals surface area contributed by atoms with Crippen molar-refractivity contribution in [1.82, 2.24) is 5.01 Å². The summed E-state index contributed by atoms with van der Waals surface area (Å²) in [6.45, 7) is 2.26. The lowest BCUT2D eigenvalue weighted by atomic mass is 10.1. The lowest BCUT2D eigenvalue weighted by molar-refractivity contribution is -0.116. The van der Waals surface area contributed by atoms with E-state index in [4.69, 9.17) is 11.7 Å². The zero-order valence-electron chi connectivity index (χ0n) is 20.3. The topological polar surface area (TPSA) is 96.7 Å². The number of amidine groups is 1. The summed E-state index contributed by atoms with van der Waals surface area (Å²) in [5.74, 6) is 11.6. The van der Waals surface area contributed by atoms with Gasteiger partial charge in [0.05, 0.1) is 0 Å². The Morgan fingerprint density at radius 1 is 0.906 bits per heavy atom. The SMILES string of the molecule is CCCCCCCC/C=C\CCCCCCCC(=O)Nc1ccc(/C(=N/N)N(C)N)cc1. The molecule has 0 aliphatic carbocycles. The van der Waals surface area contributed by atoms with Gasteiger partial charge in [-0.3, -0.25) is 9.80 Å². The van der Waals surface area contributed by atoms with Crippen molar-refractivity contribution in [3.05, 3.63) is 42.0 Å². The first-order chi connectivity index (χ1) is 15.6. The summed E-state index contributed by atoms with van der Waals surface area (Å²) in [6, 6.07) is 7.35. The second kappa shape index (κ2) is 18.3. The van der Waals surface area contributed by atoms with Crippen LogP contribution < -0.4 is 17.0 Å². The molecule has 1 rings (SSSR count). The molecule has 0 bridgehead atoms. The maximum Gasteiger partial charge on any atom is 0.224 e. The van der Waals surface area contributed by atoms with Gasteiger partial charge >= 0.3 is 0 Å². The Kier molecular flexibility index (Phi) is 15.8. The average molecular weight is 444 g/mol. The molecule has 0 saturated heterocycles. The van der Waals surface area contributed by atoms with Gasteiger partial charge in [0.15, 0.2) is 5.84 Å². The molecule has 1 aromatic carbocycles. The third kappa shape index (κ3) is 13.2. The number of amides is 1. The molecular weight excluding hydrogens is 398 g/mol. The molecule has 32 heavy (non-hydrogen) atoms. The number of benzene rings is 1. The first kappa shape index (κ1) is 27.7. The van der Waals surface area contributed by atoms with Crippen molar-refractivity contribution in [3.8, 4) is 0 Å². The molecule has 6 nitrogen and oxygen atoms in total. The van der Waals surface area contributed by atoms with Crippen LogP contribution in [-0.2, 0) is 4.79 Å². The van der Waals surface area contributed by atoms with Crippen LogP contribution in [0.5, 0.6) is 0 Å². The summed E-state index contributed by atoms with van der Waals surface area (Å²) in [4.78, 5) is 12.1. The Hall–Kier alpha value is -2.34. The van der Waals surface area contributed by atoms with E-state index in [0.29, 0.717) is 12.3 Å². The molecule has 0 radical (unpaired) electrons. The largest absolute Gasteiger partial charge is 0.326 e. The molecule has 0 heterocycles. The third-order valence-electron chi connectivity index (χ3n) is 5.55. The van der Waals surface area contributed by atoms with Crippen molar-refractivity contribution in [1.29, 1.82) is 0 Å². The molecule has 0 unspecified atom stereocenters. The number of nitrogens with zero attached hydrogens (tertiary/aromatic N) is 2. The predicted molar refractivity (Wildman–Crippen MR) is 137 cm³/mol. The van der Waals surface area contributed by atoms with Gasteiger partial charge < -0.3 is 11.2 Å². The molecular formula is C26H45N5O. The monoisotopic (exact) mass is 443 g/mol. The van der Waals surface area contributed by atoms with Crippen LogP contribution in [0.3, 0.4) is 0 Å². The molecule has 180 valence electrons. The molecule has 0 aromatic heterocycles. The summed E-state index contributed by atoms with van der Waals surface area (Å²) in [6.07, 6.45) is 21.6. The Morgan fingerprint density at radius 2 is 1.44 bits per heavy atom. The van der Waals surface area contributed by atoms with Crippen LogP contribution in [0.25, 0.3) is 0 Å². The van der Waals surface area contributed by atoms with Gasteiger partial charge in [0.25, 0.3) is 0 Å².